The van der Waals surface area contributed by atoms with Gasteiger partial charge >= 0.3 is 0 Å². The number of H-pyrrole nitrogens is 1. The highest BCUT2D eigenvalue weighted by Crippen LogP contribution is 2.19. The number of hydrogen-bond acceptors (Lipinski definition) is 4. The van der Waals surface area contributed by atoms with Crippen LogP contribution in [0, 0.1) is 0 Å². The maximum atomic E-state index is 12.0. The summed E-state index contributed by atoms with van der Waals surface area (Å²) in [6, 6.07) is 9.00. The predicted octanol–water partition coefficient (Wildman–Crippen LogP) is 2.90. The zero-order chi connectivity index (χ0) is 16.4. The second-order valence-electron chi connectivity index (χ2n) is 5.08. The fourth-order valence-corrected chi connectivity index (χ4v) is 3.01. The number of benzene rings is 1. The molecule has 0 saturated carbocycles. The second kappa shape index (κ2) is 6.18. The Hall–Kier alpha value is -2.73. The minimum Gasteiger partial charge on any atom is -0.355 e. The Kier molecular flexibility index (Phi) is 4.08. The molecule has 23 heavy (non-hydrogen) atoms. The van der Waals surface area contributed by atoms with Crippen molar-refractivity contribution in [2.75, 3.05) is 7.05 Å². The van der Waals surface area contributed by atoms with E-state index >= 15 is 0 Å². The molecule has 3 aromatic rings. The molecular formula is C17H15N3O2S. The van der Waals surface area contributed by atoms with Gasteiger partial charge in [-0.2, -0.15) is 0 Å². The lowest BCUT2D eigenvalue weighted by Crippen LogP contribution is -2.17. The number of nitrogens with one attached hydrogen (secondary N) is 2. The van der Waals surface area contributed by atoms with Crippen LogP contribution in [0.15, 0.2) is 40.5 Å². The van der Waals surface area contributed by atoms with Gasteiger partial charge in [-0.05, 0) is 47.7 Å². The lowest BCUT2D eigenvalue weighted by molar-refractivity contribution is 0.0963. The largest absolute Gasteiger partial charge is 0.355 e. The van der Waals surface area contributed by atoms with Crippen molar-refractivity contribution in [2.24, 2.45) is 0 Å². The molecule has 116 valence electrons. The molecule has 0 atom stereocenters. The Morgan fingerprint density at radius 3 is 2.70 bits per heavy atom. The van der Waals surface area contributed by atoms with Gasteiger partial charge in [0.25, 0.3) is 11.5 Å². The van der Waals surface area contributed by atoms with Crippen LogP contribution in [0.1, 0.15) is 28.7 Å². The van der Waals surface area contributed by atoms with Crippen molar-refractivity contribution < 1.29 is 4.79 Å². The van der Waals surface area contributed by atoms with Gasteiger partial charge in [-0.1, -0.05) is 12.1 Å². The Labute approximate surface area is 136 Å². The van der Waals surface area contributed by atoms with Crippen LogP contribution in [-0.4, -0.2) is 22.9 Å². The van der Waals surface area contributed by atoms with Crippen LogP contribution in [0.25, 0.3) is 21.9 Å². The van der Waals surface area contributed by atoms with Gasteiger partial charge in [-0.15, -0.1) is 11.3 Å². The first kappa shape index (κ1) is 15.2. The molecule has 2 N–H and O–H groups in total. The van der Waals surface area contributed by atoms with Crippen molar-refractivity contribution in [2.45, 2.75) is 6.92 Å². The molecule has 0 bridgehead atoms. The van der Waals surface area contributed by atoms with Crippen molar-refractivity contribution >= 4 is 39.1 Å². The summed E-state index contributed by atoms with van der Waals surface area (Å²) in [6.45, 7) is 1.89. The second-order valence-corrected chi connectivity index (χ2v) is 5.98. The predicted molar refractivity (Wildman–Crippen MR) is 93.6 cm³/mol. The Morgan fingerprint density at radius 2 is 2.00 bits per heavy atom. The van der Waals surface area contributed by atoms with E-state index in [4.69, 9.17) is 0 Å². The Morgan fingerprint density at radius 1 is 1.26 bits per heavy atom. The van der Waals surface area contributed by atoms with E-state index in [-0.39, 0.29) is 11.5 Å². The van der Waals surface area contributed by atoms with Crippen LogP contribution in [0.2, 0.25) is 0 Å². The number of aromatic nitrogens is 2. The molecule has 5 nitrogen and oxygen atoms in total. The average molecular weight is 325 g/mol. The molecule has 0 unspecified atom stereocenters. The lowest BCUT2D eigenvalue weighted by Gasteiger charge is -2.03. The van der Waals surface area contributed by atoms with Crippen LogP contribution in [0.4, 0.5) is 0 Å². The number of allylic oxidation sites excluding steroid dienone is 1. The third-order valence-electron chi connectivity index (χ3n) is 3.49. The quantitative estimate of drug-likeness (QED) is 0.777. The molecule has 0 spiro atoms. The van der Waals surface area contributed by atoms with E-state index in [1.165, 1.54) is 11.3 Å². The lowest BCUT2D eigenvalue weighted by atomic mass is 10.1. The highest BCUT2D eigenvalue weighted by molar-refractivity contribution is 7.16. The molecule has 0 aliphatic heterocycles. The van der Waals surface area contributed by atoms with Crippen LogP contribution in [0.5, 0.6) is 0 Å². The smallest absolute Gasteiger partial charge is 0.259 e. The van der Waals surface area contributed by atoms with E-state index in [1.807, 2.05) is 30.5 Å². The van der Waals surface area contributed by atoms with Gasteiger partial charge in [0.05, 0.1) is 5.39 Å². The average Bonchev–Trinajstić information content (AvgIpc) is 3.04. The number of aromatic amines is 1. The maximum Gasteiger partial charge on any atom is 0.259 e. The number of thiophene rings is 1. The zero-order valence-electron chi connectivity index (χ0n) is 12.7. The number of fused-ring (bicyclic) bond motifs is 1. The van der Waals surface area contributed by atoms with Crippen LogP contribution in [0.3, 0.4) is 0 Å². The summed E-state index contributed by atoms with van der Waals surface area (Å²) in [7, 11) is 1.60. The van der Waals surface area contributed by atoms with Gasteiger partial charge in [-0.25, -0.2) is 4.98 Å². The fraction of sp³-hybridized carbons (Fsp3) is 0.118. The van der Waals surface area contributed by atoms with Crippen molar-refractivity contribution in [3.63, 3.8) is 0 Å². The highest BCUT2D eigenvalue weighted by Gasteiger charge is 2.07. The van der Waals surface area contributed by atoms with Gasteiger partial charge in [0.2, 0.25) is 0 Å². The summed E-state index contributed by atoms with van der Waals surface area (Å²) in [5.74, 6) is 0.437. The van der Waals surface area contributed by atoms with Crippen LogP contribution in [-0.2, 0) is 0 Å². The SMILES string of the molecule is CNC(=O)c1ccc(C=C(C)c2nc3sccc3c(=O)[nH]2)cc1. The number of hydrogen-bond donors (Lipinski definition) is 2. The van der Waals surface area contributed by atoms with E-state index in [0.29, 0.717) is 16.8 Å². The normalized spacial score (nSPS) is 11.7. The minimum atomic E-state index is -0.131. The molecule has 2 heterocycles. The molecule has 0 aliphatic rings. The van der Waals surface area contributed by atoms with Gasteiger partial charge in [0.15, 0.2) is 0 Å². The molecule has 1 amide bonds. The number of carbonyl (C=O) groups is 1. The first-order valence-electron chi connectivity index (χ1n) is 7.07. The third-order valence-corrected chi connectivity index (χ3v) is 4.30. The monoisotopic (exact) mass is 325 g/mol. The summed E-state index contributed by atoms with van der Waals surface area (Å²) in [5.41, 5.74) is 2.26. The van der Waals surface area contributed by atoms with E-state index in [1.54, 1.807) is 25.2 Å². The number of carbonyl (C=O) groups excluding carboxylic acids is 1. The summed E-state index contributed by atoms with van der Waals surface area (Å²) in [4.78, 5) is 31.6. The van der Waals surface area contributed by atoms with Gasteiger partial charge in [-0.3, -0.25) is 9.59 Å². The minimum absolute atomic E-state index is 0.119. The molecule has 0 radical (unpaired) electrons. The van der Waals surface area contributed by atoms with Gasteiger partial charge < -0.3 is 10.3 Å². The number of rotatable bonds is 3. The van der Waals surface area contributed by atoms with Crippen molar-refractivity contribution in [1.29, 1.82) is 0 Å². The highest BCUT2D eigenvalue weighted by atomic mass is 32.1. The number of amides is 1. The molecule has 2 aromatic heterocycles. The van der Waals surface area contributed by atoms with Crippen LogP contribution >= 0.6 is 11.3 Å². The first-order chi connectivity index (χ1) is 11.1. The summed E-state index contributed by atoms with van der Waals surface area (Å²) in [5, 5.41) is 5.05. The van der Waals surface area contributed by atoms with Crippen LogP contribution < -0.4 is 10.9 Å². The Balaban J connectivity index is 1.94. The van der Waals surface area contributed by atoms with Crippen molar-refractivity contribution in [3.8, 4) is 0 Å². The van der Waals surface area contributed by atoms with E-state index in [9.17, 15) is 9.59 Å². The third kappa shape index (κ3) is 3.07. The molecule has 6 heteroatoms. The summed E-state index contributed by atoms with van der Waals surface area (Å²) < 4.78 is 0. The topological polar surface area (TPSA) is 74.8 Å². The van der Waals surface area contributed by atoms with Gasteiger partial charge in [0, 0.05) is 12.6 Å². The van der Waals surface area contributed by atoms with Crippen molar-refractivity contribution in [1.82, 2.24) is 15.3 Å². The van der Waals surface area contributed by atoms with E-state index < -0.39 is 0 Å². The molecular weight excluding hydrogens is 310 g/mol. The first-order valence-corrected chi connectivity index (χ1v) is 7.95. The Bertz CT molecular complexity index is 952. The van der Waals surface area contributed by atoms with Crippen molar-refractivity contribution in [3.05, 3.63) is 63.0 Å². The maximum absolute atomic E-state index is 12.0. The fourth-order valence-electron chi connectivity index (χ4n) is 2.25. The molecule has 3 rings (SSSR count). The molecule has 0 aliphatic carbocycles. The zero-order valence-corrected chi connectivity index (χ0v) is 13.5. The van der Waals surface area contributed by atoms with E-state index in [2.05, 4.69) is 15.3 Å². The molecule has 1 aromatic carbocycles. The standard InChI is InChI=1S/C17H15N3O2S/c1-10(9-11-3-5-12(6-4-11)15(21)18-2)14-19-16(22)13-7-8-23-17(13)20-14/h3-9H,1-2H3,(H,18,21)(H,19,20,22). The number of nitrogens with zero attached hydrogens (tertiary/aromatic N) is 1. The van der Waals surface area contributed by atoms with E-state index in [0.717, 1.165) is 16.0 Å². The molecule has 0 fully saturated rings. The summed E-state index contributed by atoms with van der Waals surface area (Å²) >= 11 is 1.44. The van der Waals surface area contributed by atoms with Gasteiger partial charge in [0.1, 0.15) is 10.7 Å². The summed E-state index contributed by atoms with van der Waals surface area (Å²) in [6.07, 6.45) is 1.92. The molecule has 0 saturated heterocycles.